The molecule has 0 aromatic heterocycles. The molecular formula is C16H18BrNO3. The van der Waals surface area contributed by atoms with Crippen molar-refractivity contribution in [1.82, 2.24) is 0 Å². The molecule has 0 saturated carbocycles. The predicted octanol–water partition coefficient (Wildman–Crippen LogP) is 3.68. The van der Waals surface area contributed by atoms with Gasteiger partial charge in [0.05, 0.1) is 6.42 Å². The minimum Gasteiger partial charge on any atom is -0.453 e. The summed E-state index contributed by atoms with van der Waals surface area (Å²) in [4.78, 5) is 23.8. The highest BCUT2D eigenvalue weighted by molar-refractivity contribution is 9.10. The predicted molar refractivity (Wildman–Crippen MR) is 84.8 cm³/mol. The third-order valence-corrected chi connectivity index (χ3v) is 3.80. The summed E-state index contributed by atoms with van der Waals surface area (Å²) >= 11 is 3.34. The molecule has 0 fully saturated rings. The van der Waals surface area contributed by atoms with Crippen LogP contribution in [0.15, 0.2) is 40.9 Å². The van der Waals surface area contributed by atoms with Crippen molar-refractivity contribution in [2.45, 2.75) is 32.3 Å². The maximum atomic E-state index is 12.0. The van der Waals surface area contributed by atoms with E-state index in [1.807, 2.05) is 18.2 Å². The lowest BCUT2D eigenvalue weighted by molar-refractivity contribution is -0.153. The number of amides is 1. The first-order valence-electron chi connectivity index (χ1n) is 6.97. The van der Waals surface area contributed by atoms with E-state index in [0.717, 1.165) is 17.3 Å². The maximum absolute atomic E-state index is 12.0. The highest BCUT2D eigenvalue weighted by Crippen LogP contribution is 2.21. The van der Waals surface area contributed by atoms with Gasteiger partial charge in [-0.2, -0.15) is 0 Å². The van der Waals surface area contributed by atoms with E-state index in [4.69, 9.17) is 4.74 Å². The molecule has 112 valence electrons. The van der Waals surface area contributed by atoms with Crippen molar-refractivity contribution >= 4 is 33.5 Å². The molecule has 1 N–H and O–H groups in total. The zero-order valence-electron chi connectivity index (χ0n) is 11.8. The minimum atomic E-state index is -0.804. The number of carbonyl (C=O) groups excluding carboxylic acids is 2. The third kappa shape index (κ3) is 5.01. The summed E-state index contributed by atoms with van der Waals surface area (Å²) in [5.74, 6) is -0.412. The first-order chi connectivity index (χ1) is 10.0. The SMILES string of the molecule is C[C@H](OC(=O)C[C@@H]1C=CCC1)C(=O)Nc1cccc(Br)c1. The van der Waals surface area contributed by atoms with Crippen LogP contribution in [0.3, 0.4) is 0 Å². The van der Waals surface area contributed by atoms with Crippen LogP contribution in [0, 0.1) is 5.92 Å². The van der Waals surface area contributed by atoms with Crippen molar-refractivity contribution in [3.63, 3.8) is 0 Å². The molecule has 0 radical (unpaired) electrons. The van der Waals surface area contributed by atoms with Gasteiger partial charge in [-0.1, -0.05) is 34.1 Å². The van der Waals surface area contributed by atoms with Crippen molar-refractivity contribution in [2.24, 2.45) is 5.92 Å². The lowest BCUT2D eigenvalue weighted by Gasteiger charge is -2.15. The molecule has 1 aromatic rings. The van der Waals surface area contributed by atoms with Gasteiger partial charge in [0.25, 0.3) is 5.91 Å². The van der Waals surface area contributed by atoms with Crippen LogP contribution in [0.25, 0.3) is 0 Å². The molecule has 0 bridgehead atoms. The Bertz CT molecular complexity index is 556. The van der Waals surface area contributed by atoms with E-state index in [9.17, 15) is 9.59 Å². The quantitative estimate of drug-likeness (QED) is 0.650. The van der Waals surface area contributed by atoms with Crippen LogP contribution in [-0.2, 0) is 14.3 Å². The average Bonchev–Trinajstić information content (AvgIpc) is 2.91. The Morgan fingerprint density at radius 3 is 2.95 bits per heavy atom. The van der Waals surface area contributed by atoms with E-state index in [1.165, 1.54) is 0 Å². The molecule has 0 spiro atoms. The molecule has 2 rings (SSSR count). The monoisotopic (exact) mass is 351 g/mol. The number of carbonyl (C=O) groups is 2. The molecule has 0 unspecified atom stereocenters. The van der Waals surface area contributed by atoms with Gasteiger partial charge in [0, 0.05) is 10.2 Å². The number of benzene rings is 1. The van der Waals surface area contributed by atoms with E-state index < -0.39 is 6.10 Å². The number of anilines is 1. The molecule has 21 heavy (non-hydrogen) atoms. The van der Waals surface area contributed by atoms with Crippen molar-refractivity contribution in [3.05, 3.63) is 40.9 Å². The number of hydrogen-bond donors (Lipinski definition) is 1. The fraction of sp³-hybridized carbons (Fsp3) is 0.375. The van der Waals surface area contributed by atoms with Crippen molar-refractivity contribution in [1.29, 1.82) is 0 Å². The molecule has 4 nitrogen and oxygen atoms in total. The number of ether oxygens (including phenoxy) is 1. The zero-order valence-corrected chi connectivity index (χ0v) is 13.4. The topological polar surface area (TPSA) is 55.4 Å². The summed E-state index contributed by atoms with van der Waals surface area (Å²) in [7, 11) is 0. The molecule has 1 amide bonds. The summed E-state index contributed by atoms with van der Waals surface area (Å²) in [5, 5.41) is 2.72. The smallest absolute Gasteiger partial charge is 0.307 e. The molecule has 1 aliphatic carbocycles. The Balaban J connectivity index is 1.81. The Hall–Kier alpha value is -1.62. The van der Waals surface area contributed by atoms with Crippen molar-refractivity contribution in [3.8, 4) is 0 Å². The van der Waals surface area contributed by atoms with Gasteiger partial charge < -0.3 is 10.1 Å². The van der Waals surface area contributed by atoms with Crippen LogP contribution in [-0.4, -0.2) is 18.0 Å². The lowest BCUT2D eigenvalue weighted by Crippen LogP contribution is -2.30. The van der Waals surface area contributed by atoms with Gasteiger partial charge in [-0.3, -0.25) is 9.59 Å². The number of halogens is 1. The summed E-state index contributed by atoms with van der Waals surface area (Å²) in [6.45, 7) is 1.58. The molecule has 0 saturated heterocycles. The van der Waals surface area contributed by atoms with Gasteiger partial charge in [-0.25, -0.2) is 0 Å². The zero-order chi connectivity index (χ0) is 15.2. The average molecular weight is 352 g/mol. The van der Waals surface area contributed by atoms with Gasteiger partial charge in [0.2, 0.25) is 0 Å². The first-order valence-corrected chi connectivity index (χ1v) is 7.76. The Morgan fingerprint density at radius 1 is 1.48 bits per heavy atom. The van der Waals surface area contributed by atoms with Gasteiger partial charge in [-0.15, -0.1) is 0 Å². The Kier molecular flexibility index (Phi) is 5.56. The molecule has 2 atom stereocenters. The summed E-state index contributed by atoms with van der Waals surface area (Å²) in [6, 6.07) is 7.26. The van der Waals surface area contributed by atoms with Crippen LogP contribution < -0.4 is 5.32 Å². The van der Waals surface area contributed by atoms with Crippen LogP contribution in [0.1, 0.15) is 26.2 Å². The number of rotatable bonds is 5. The lowest BCUT2D eigenvalue weighted by atomic mass is 10.1. The second kappa shape index (κ2) is 7.41. The summed E-state index contributed by atoms with van der Waals surface area (Å²) in [6.07, 6.45) is 5.63. The number of allylic oxidation sites excluding steroid dienone is 2. The van der Waals surface area contributed by atoms with E-state index in [-0.39, 0.29) is 17.8 Å². The number of esters is 1. The first kappa shape index (κ1) is 15.8. The third-order valence-electron chi connectivity index (χ3n) is 3.31. The molecule has 1 aromatic carbocycles. The Labute approximate surface area is 132 Å². The van der Waals surface area contributed by atoms with Gasteiger partial charge >= 0.3 is 5.97 Å². The van der Waals surface area contributed by atoms with Gasteiger partial charge in [-0.05, 0) is 43.9 Å². The second-order valence-corrected chi connectivity index (χ2v) is 6.02. The molecule has 0 heterocycles. The van der Waals surface area contributed by atoms with Crippen LogP contribution in [0.5, 0.6) is 0 Å². The van der Waals surface area contributed by atoms with Crippen molar-refractivity contribution < 1.29 is 14.3 Å². The largest absolute Gasteiger partial charge is 0.453 e. The van der Waals surface area contributed by atoms with Crippen molar-refractivity contribution in [2.75, 3.05) is 5.32 Å². The normalized spacial score (nSPS) is 18.3. The van der Waals surface area contributed by atoms with E-state index in [1.54, 1.807) is 19.1 Å². The summed E-state index contributed by atoms with van der Waals surface area (Å²) < 4.78 is 6.05. The fourth-order valence-corrected chi connectivity index (χ4v) is 2.59. The standard InChI is InChI=1S/C16H18BrNO3/c1-11(21-15(19)9-12-5-2-3-6-12)16(20)18-14-8-4-7-13(17)10-14/h2,4-5,7-8,10-12H,3,6,9H2,1H3,(H,18,20)/t11-,12+/m0/s1. The fourth-order valence-electron chi connectivity index (χ4n) is 2.19. The maximum Gasteiger partial charge on any atom is 0.307 e. The van der Waals surface area contributed by atoms with E-state index in [2.05, 4.69) is 27.3 Å². The van der Waals surface area contributed by atoms with E-state index in [0.29, 0.717) is 12.1 Å². The molecular weight excluding hydrogens is 334 g/mol. The highest BCUT2D eigenvalue weighted by Gasteiger charge is 2.21. The molecule has 1 aliphatic rings. The Morgan fingerprint density at radius 2 is 2.29 bits per heavy atom. The minimum absolute atomic E-state index is 0.248. The van der Waals surface area contributed by atoms with E-state index >= 15 is 0 Å². The number of hydrogen-bond acceptors (Lipinski definition) is 3. The molecule has 0 aliphatic heterocycles. The highest BCUT2D eigenvalue weighted by atomic mass is 79.9. The van der Waals surface area contributed by atoms with Gasteiger partial charge in [0.1, 0.15) is 0 Å². The number of nitrogens with one attached hydrogen (secondary N) is 1. The second-order valence-electron chi connectivity index (χ2n) is 5.10. The van der Waals surface area contributed by atoms with Gasteiger partial charge in [0.15, 0.2) is 6.10 Å². The summed E-state index contributed by atoms with van der Waals surface area (Å²) in [5.41, 5.74) is 0.663. The molecule has 5 heteroatoms. The van der Waals surface area contributed by atoms with Crippen LogP contribution in [0.2, 0.25) is 0 Å². The van der Waals surface area contributed by atoms with Crippen LogP contribution in [0.4, 0.5) is 5.69 Å². The van der Waals surface area contributed by atoms with Crippen LogP contribution >= 0.6 is 15.9 Å².